The van der Waals surface area contributed by atoms with E-state index >= 15 is 0 Å². The maximum absolute atomic E-state index is 13.0. The second-order valence-electron chi connectivity index (χ2n) is 2.49. The lowest BCUT2D eigenvalue weighted by Gasteiger charge is -2.00. The molecule has 0 aliphatic heterocycles. The van der Waals surface area contributed by atoms with Gasteiger partial charge in [0.25, 0.3) is 0 Å². The molecular formula is C8H10FISi. The molecule has 0 heterocycles. The molecule has 1 rings (SSSR count). The van der Waals surface area contributed by atoms with Gasteiger partial charge in [-0.15, -0.1) is 0 Å². The molecule has 0 radical (unpaired) electrons. The normalized spacial score (nSPS) is 10.4. The average Bonchev–Trinajstić information content (AvgIpc) is 1.95. The van der Waals surface area contributed by atoms with Gasteiger partial charge in [-0.25, -0.2) is 4.39 Å². The maximum Gasteiger partial charge on any atom is 0.127 e. The van der Waals surface area contributed by atoms with Gasteiger partial charge in [-0.1, -0.05) is 12.1 Å². The quantitative estimate of drug-likeness (QED) is 0.572. The number of rotatable bonds is 2. The van der Waals surface area contributed by atoms with E-state index in [2.05, 4.69) is 22.6 Å². The third-order valence-electron chi connectivity index (χ3n) is 1.53. The van der Waals surface area contributed by atoms with E-state index in [1.807, 2.05) is 12.1 Å². The molecule has 60 valence electrons. The molecule has 0 spiro atoms. The fourth-order valence-corrected chi connectivity index (χ4v) is 1.99. The van der Waals surface area contributed by atoms with Crippen LogP contribution in [0.2, 0.25) is 6.04 Å². The van der Waals surface area contributed by atoms with Crippen LogP contribution in [0.25, 0.3) is 0 Å². The van der Waals surface area contributed by atoms with Gasteiger partial charge in [0.2, 0.25) is 0 Å². The van der Waals surface area contributed by atoms with Crippen molar-refractivity contribution in [1.82, 2.24) is 0 Å². The Morgan fingerprint density at radius 2 is 2.18 bits per heavy atom. The van der Waals surface area contributed by atoms with Gasteiger partial charge in [0.05, 0.1) is 0 Å². The number of halogens is 2. The Morgan fingerprint density at radius 1 is 1.45 bits per heavy atom. The third-order valence-corrected chi connectivity index (χ3v) is 2.71. The van der Waals surface area contributed by atoms with E-state index in [0.29, 0.717) is 0 Å². The Balaban J connectivity index is 2.90. The molecule has 0 atom stereocenters. The summed E-state index contributed by atoms with van der Waals surface area (Å²) in [6, 6.07) is 6.57. The standard InChI is InChI=1S/C8H10FISi/c9-8-5-7(10)2-1-6(8)3-4-11/h1-2,5H,3-4H2,11H3. The van der Waals surface area contributed by atoms with E-state index in [1.54, 1.807) is 6.07 Å². The van der Waals surface area contributed by atoms with Crippen LogP contribution in [-0.4, -0.2) is 10.2 Å². The van der Waals surface area contributed by atoms with Crippen LogP contribution in [0.5, 0.6) is 0 Å². The summed E-state index contributed by atoms with van der Waals surface area (Å²) in [7, 11) is 1.15. The zero-order chi connectivity index (χ0) is 8.27. The van der Waals surface area contributed by atoms with Crippen molar-refractivity contribution in [2.75, 3.05) is 0 Å². The van der Waals surface area contributed by atoms with E-state index < -0.39 is 0 Å². The SMILES string of the molecule is Fc1cc(I)ccc1CC[SiH3]. The van der Waals surface area contributed by atoms with Crippen LogP contribution in [0.3, 0.4) is 0 Å². The summed E-state index contributed by atoms with van der Waals surface area (Å²) in [6.45, 7) is 0. The molecule has 0 nitrogen and oxygen atoms in total. The molecule has 0 fully saturated rings. The summed E-state index contributed by atoms with van der Waals surface area (Å²) in [6.07, 6.45) is 0.898. The highest BCUT2D eigenvalue weighted by molar-refractivity contribution is 14.1. The number of hydrogen-bond donors (Lipinski definition) is 0. The minimum atomic E-state index is -0.0484. The molecule has 0 bridgehead atoms. The first-order valence-corrected chi connectivity index (χ1v) is 6.17. The molecule has 3 heteroatoms. The van der Waals surface area contributed by atoms with Crippen LogP contribution in [0, 0.1) is 9.39 Å². The second kappa shape index (κ2) is 4.20. The van der Waals surface area contributed by atoms with E-state index in [1.165, 1.54) is 0 Å². The molecule has 0 saturated carbocycles. The highest BCUT2D eigenvalue weighted by Crippen LogP contribution is 2.13. The van der Waals surface area contributed by atoms with Gasteiger partial charge < -0.3 is 0 Å². The van der Waals surface area contributed by atoms with Crippen LogP contribution in [0.4, 0.5) is 4.39 Å². The van der Waals surface area contributed by atoms with Gasteiger partial charge in [0, 0.05) is 13.8 Å². The topological polar surface area (TPSA) is 0 Å². The maximum atomic E-state index is 13.0. The Kier molecular flexibility index (Phi) is 3.51. The van der Waals surface area contributed by atoms with E-state index in [9.17, 15) is 4.39 Å². The van der Waals surface area contributed by atoms with Crippen molar-refractivity contribution in [3.63, 3.8) is 0 Å². The van der Waals surface area contributed by atoms with Gasteiger partial charge in [-0.05, 0) is 46.7 Å². The Bertz CT molecular complexity index is 250. The lowest BCUT2D eigenvalue weighted by atomic mass is 10.2. The van der Waals surface area contributed by atoms with Crippen LogP contribution < -0.4 is 0 Å². The largest absolute Gasteiger partial charge is 0.207 e. The average molecular weight is 280 g/mol. The number of benzene rings is 1. The molecule has 0 aliphatic carbocycles. The van der Waals surface area contributed by atoms with Gasteiger partial charge in [0.1, 0.15) is 5.82 Å². The van der Waals surface area contributed by atoms with Crippen LogP contribution in [0.1, 0.15) is 5.56 Å². The van der Waals surface area contributed by atoms with Gasteiger partial charge in [-0.2, -0.15) is 0 Å². The Morgan fingerprint density at radius 3 is 2.73 bits per heavy atom. The molecule has 1 aromatic carbocycles. The third kappa shape index (κ3) is 2.55. The second-order valence-corrected chi connectivity index (χ2v) is 4.73. The monoisotopic (exact) mass is 280 g/mol. The van der Waals surface area contributed by atoms with Crippen LogP contribution >= 0.6 is 22.6 Å². The molecule has 11 heavy (non-hydrogen) atoms. The van der Waals surface area contributed by atoms with Gasteiger partial charge in [0.15, 0.2) is 0 Å². The van der Waals surface area contributed by atoms with Crippen molar-refractivity contribution in [1.29, 1.82) is 0 Å². The van der Waals surface area contributed by atoms with Gasteiger partial charge in [-0.3, -0.25) is 0 Å². The molecule has 0 aliphatic rings. The van der Waals surface area contributed by atoms with Crippen molar-refractivity contribution in [2.45, 2.75) is 12.5 Å². The number of aryl methyl sites for hydroxylation is 1. The first kappa shape index (κ1) is 9.19. The highest BCUT2D eigenvalue weighted by Gasteiger charge is 1.99. The lowest BCUT2D eigenvalue weighted by Crippen LogP contribution is -1.90. The zero-order valence-electron chi connectivity index (χ0n) is 6.40. The lowest BCUT2D eigenvalue weighted by molar-refractivity contribution is 0.611. The van der Waals surface area contributed by atoms with E-state index in [-0.39, 0.29) is 5.82 Å². The summed E-state index contributed by atoms with van der Waals surface area (Å²) >= 11 is 2.12. The predicted molar refractivity (Wildman–Crippen MR) is 57.6 cm³/mol. The van der Waals surface area contributed by atoms with Crippen molar-refractivity contribution >= 4 is 32.8 Å². The Labute approximate surface area is 82.8 Å². The molecule has 0 N–H and O–H groups in total. The van der Waals surface area contributed by atoms with Crippen molar-refractivity contribution in [3.8, 4) is 0 Å². The summed E-state index contributed by atoms with van der Waals surface area (Å²) in [4.78, 5) is 0. The first-order chi connectivity index (χ1) is 5.24. The van der Waals surface area contributed by atoms with Crippen molar-refractivity contribution in [2.24, 2.45) is 0 Å². The van der Waals surface area contributed by atoms with E-state index in [4.69, 9.17) is 0 Å². The fraction of sp³-hybridized carbons (Fsp3) is 0.250. The molecule has 0 aromatic heterocycles. The van der Waals surface area contributed by atoms with Crippen LogP contribution in [-0.2, 0) is 6.42 Å². The molecule has 1 aromatic rings. The first-order valence-electron chi connectivity index (χ1n) is 3.68. The van der Waals surface area contributed by atoms with Crippen molar-refractivity contribution in [3.05, 3.63) is 33.1 Å². The molecule has 0 amide bonds. The minimum absolute atomic E-state index is 0.0484. The molecule has 0 saturated heterocycles. The van der Waals surface area contributed by atoms with E-state index in [0.717, 1.165) is 31.8 Å². The number of hydrogen-bond acceptors (Lipinski definition) is 0. The summed E-state index contributed by atoms with van der Waals surface area (Å²) in [5.74, 6) is -0.0484. The Hall–Kier alpha value is 0.0969. The molecular weight excluding hydrogens is 270 g/mol. The zero-order valence-corrected chi connectivity index (χ0v) is 10.6. The fourth-order valence-electron chi connectivity index (χ4n) is 0.994. The highest BCUT2D eigenvalue weighted by atomic mass is 127. The van der Waals surface area contributed by atoms with Gasteiger partial charge >= 0.3 is 0 Å². The minimum Gasteiger partial charge on any atom is -0.207 e. The molecule has 0 unspecified atom stereocenters. The summed E-state index contributed by atoms with van der Waals surface area (Å²) in [5.41, 5.74) is 0.861. The smallest absolute Gasteiger partial charge is 0.127 e. The summed E-state index contributed by atoms with van der Waals surface area (Å²) < 4.78 is 14.0. The predicted octanol–water partition coefficient (Wildman–Crippen LogP) is 1.76. The van der Waals surface area contributed by atoms with Crippen LogP contribution in [0.15, 0.2) is 18.2 Å². The van der Waals surface area contributed by atoms with Crippen molar-refractivity contribution < 1.29 is 4.39 Å². The summed E-state index contributed by atoms with van der Waals surface area (Å²) in [5, 5.41) is 0.